The maximum absolute atomic E-state index is 14.0. The standard InChI is InChI=1S/C16H23F2N3O2/c1-4-23-12-6-5-7-21(10-12)16(22)19-11-8-13(17)15(20(2)3)14(18)9-11/h8-9,12H,4-7,10H2,1-3H3,(H,19,22). The first-order valence-corrected chi connectivity index (χ1v) is 7.76. The van der Waals surface area contributed by atoms with Crippen molar-refractivity contribution in [1.29, 1.82) is 0 Å². The molecule has 1 heterocycles. The Hall–Kier alpha value is -1.89. The van der Waals surface area contributed by atoms with Gasteiger partial charge in [-0.15, -0.1) is 0 Å². The number of urea groups is 1. The smallest absolute Gasteiger partial charge is 0.321 e. The Morgan fingerprint density at radius 2 is 2.04 bits per heavy atom. The summed E-state index contributed by atoms with van der Waals surface area (Å²) in [6.45, 7) is 3.61. The third kappa shape index (κ3) is 4.31. The molecule has 0 aliphatic carbocycles. The number of rotatable bonds is 4. The first-order valence-electron chi connectivity index (χ1n) is 7.76. The Morgan fingerprint density at radius 1 is 1.39 bits per heavy atom. The first kappa shape index (κ1) is 17.5. The number of piperidine rings is 1. The van der Waals surface area contributed by atoms with Gasteiger partial charge in [-0.25, -0.2) is 13.6 Å². The number of carbonyl (C=O) groups is 1. The molecule has 0 saturated carbocycles. The molecule has 0 spiro atoms. The molecule has 2 amide bonds. The molecule has 2 rings (SSSR count). The van der Waals surface area contributed by atoms with Crippen LogP contribution in [0, 0.1) is 11.6 Å². The van der Waals surface area contributed by atoms with Crippen molar-refractivity contribution in [1.82, 2.24) is 4.90 Å². The molecule has 0 aromatic heterocycles. The van der Waals surface area contributed by atoms with Crippen LogP contribution in [0.25, 0.3) is 0 Å². The number of likely N-dealkylation sites (tertiary alicyclic amines) is 1. The minimum absolute atomic E-state index is 0.0177. The minimum Gasteiger partial charge on any atom is -0.377 e. The van der Waals surface area contributed by atoms with Crippen LogP contribution < -0.4 is 10.2 Å². The van der Waals surface area contributed by atoms with E-state index in [1.165, 1.54) is 4.90 Å². The summed E-state index contributed by atoms with van der Waals surface area (Å²) in [4.78, 5) is 15.2. The highest BCUT2D eigenvalue weighted by Crippen LogP contribution is 2.26. The van der Waals surface area contributed by atoms with Gasteiger partial charge >= 0.3 is 6.03 Å². The SMILES string of the molecule is CCOC1CCCN(C(=O)Nc2cc(F)c(N(C)C)c(F)c2)C1. The minimum atomic E-state index is -0.712. The van der Waals surface area contributed by atoms with Gasteiger partial charge in [-0.3, -0.25) is 0 Å². The van der Waals surface area contributed by atoms with Crippen LogP contribution in [0.4, 0.5) is 25.0 Å². The van der Waals surface area contributed by atoms with E-state index in [9.17, 15) is 13.6 Å². The summed E-state index contributed by atoms with van der Waals surface area (Å²) in [7, 11) is 3.11. The highest BCUT2D eigenvalue weighted by Gasteiger charge is 2.24. The van der Waals surface area contributed by atoms with Gasteiger partial charge in [-0.2, -0.15) is 0 Å². The topological polar surface area (TPSA) is 44.8 Å². The molecule has 1 N–H and O–H groups in total. The largest absolute Gasteiger partial charge is 0.377 e. The number of nitrogens with zero attached hydrogens (tertiary/aromatic N) is 2. The third-order valence-corrected chi connectivity index (χ3v) is 3.78. The summed E-state index contributed by atoms with van der Waals surface area (Å²) in [5.41, 5.74) is -0.0217. The van der Waals surface area contributed by atoms with Gasteiger partial charge in [0.05, 0.1) is 6.10 Å². The van der Waals surface area contributed by atoms with E-state index in [-0.39, 0.29) is 23.5 Å². The lowest BCUT2D eigenvalue weighted by Gasteiger charge is -2.32. The van der Waals surface area contributed by atoms with Gasteiger partial charge < -0.3 is 19.9 Å². The van der Waals surface area contributed by atoms with Gasteiger partial charge in [0.15, 0.2) is 11.6 Å². The molecule has 1 fully saturated rings. The fourth-order valence-corrected chi connectivity index (χ4v) is 2.76. The summed E-state index contributed by atoms with van der Waals surface area (Å²) in [6, 6.07) is 1.88. The molecule has 1 aromatic rings. The molecule has 128 valence electrons. The van der Waals surface area contributed by atoms with Crippen molar-refractivity contribution in [3.05, 3.63) is 23.8 Å². The maximum Gasteiger partial charge on any atom is 0.321 e. The van der Waals surface area contributed by atoms with Gasteiger partial charge in [0.25, 0.3) is 0 Å². The van der Waals surface area contributed by atoms with Crippen LogP contribution in [0.3, 0.4) is 0 Å². The van der Waals surface area contributed by atoms with Crippen LogP contribution >= 0.6 is 0 Å². The van der Waals surface area contributed by atoms with Crippen molar-refractivity contribution in [2.75, 3.05) is 44.0 Å². The molecular weight excluding hydrogens is 304 g/mol. The van der Waals surface area contributed by atoms with Crippen molar-refractivity contribution in [2.45, 2.75) is 25.9 Å². The number of anilines is 2. The maximum atomic E-state index is 14.0. The number of benzene rings is 1. The van der Waals surface area contributed by atoms with Crippen LogP contribution in [0.15, 0.2) is 12.1 Å². The van der Waals surface area contributed by atoms with Gasteiger partial charge in [-0.1, -0.05) is 0 Å². The first-order chi connectivity index (χ1) is 10.9. The lowest BCUT2D eigenvalue weighted by atomic mass is 10.1. The van der Waals surface area contributed by atoms with E-state index < -0.39 is 11.6 Å². The highest BCUT2D eigenvalue weighted by molar-refractivity contribution is 5.89. The van der Waals surface area contributed by atoms with Crippen molar-refractivity contribution in [3.8, 4) is 0 Å². The molecular formula is C16H23F2N3O2. The number of ether oxygens (including phenoxy) is 1. The van der Waals surface area contributed by atoms with E-state index in [2.05, 4.69) is 5.32 Å². The Kier molecular flexibility index (Phi) is 5.76. The molecule has 1 aliphatic heterocycles. The second-order valence-corrected chi connectivity index (χ2v) is 5.78. The molecule has 1 atom stereocenters. The second-order valence-electron chi connectivity index (χ2n) is 5.78. The van der Waals surface area contributed by atoms with Crippen LogP contribution in [0.5, 0.6) is 0 Å². The lowest BCUT2D eigenvalue weighted by Crippen LogP contribution is -2.45. The third-order valence-electron chi connectivity index (χ3n) is 3.78. The number of hydrogen-bond donors (Lipinski definition) is 1. The monoisotopic (exact) mass is 327 g/mol. The van der Waals surface area contributed by atoms with Crippen molar-refractivity contribution in [3.63, 3.8) is 0 Å². The van der Waals surface area contributed by atoms with E-state index in [1.807, 2.05) is 6.92 Å². The van der Waals surface area contributed by atoms with Crippen LogP contribution in [0.2, 0.25) is 0 Å². The fourth-order valence-electron chi connectivity index (χ4n) is 2.76. The molecule has 1 aliphatic rings. The normalized spacial score (nSPS) is 18.0. The molecule has 7 heteroatoms. The zero-order valence-corrected chi connectivity index (χ0v) is 13.7. The quantitative estimate of drug-likeness (QED) is 0.924. The van der Waals surface area contributed by atoms with E-state index in [0.29, 0.717) is 19.7 Å². The van der Waals surface area contributed by atoms with Gasteiger partial charge in [0.1, 0.15) is 5.69 Å². The molecule has 1 aromatic carbocycles. The molecule has 23 heavy (non-hydrogen) atoms. The number of hydrogen-bond acceptors (Lipinski definition) is 3. The predicted octanol–water partition coefficient (Wildman–Crippen LogP) is 3.06. The summed E-state index contributed by atoms with van der Waals surface area (Å²) in [5, 5.41) is 2.56. The summed E-state index contributed by atoms with van der Waals surface area (Å²) in [5.74, 6) is -1.42. The number of nitrogens with one attached hydrogen (secondary N) is 1. The Morgan fingerprint density at radius 3 is 2.61 bits per heavy atom. The van der Waals surface area contributed by atoms with Crippen LogP contribution in [0.1, 0.15) is 19.8 Å². The van der Waals surface area contributed by atoms with Crippen molar-refractivity contribution in [2.24, 2.45) is 0 Å². The second kappa shape index (κ2) is 7.59. The van der Waals surface area contributed by atoms with Crippen molar-refractivity contribution >= 4 is 17.4 Å². The highest BCUT2D eigenvalue weighted by atomic mass is 19.1. The van der Waals surface area contributed by atoms with E-state index >= 15 is 0 Å². The number of halogens is 2. The number of carbonyl (C=O) groups excluding carboxylic acids is 1. The fraction of sp³-hybridized carbons (Fsp3) is 0.562. The molecule has 1 unspecified atom stereocenters. The zero-order valence-electron chi connectivity index (χ0n) is 13.7. The Bertz CT molecular complexity index is 541. The predicted molar refractivity (Wildman–Crippen MR) is 85.9 cm³/mol. The Labute approximate surface area is 135 Å². The van der Waals surface area contributed by atoms with E-state index in [4.69, 9.17) is 4.74 Å². The van der Waals surface area contributed by atoms with Gasteiger partial charge in [-0.05, 0) is 31.9 Å². The number of amides is 2. The van der Waals surface area contributed by atoms with Crippen LogP contribution in [-0.4, -0.2) is 50.8 Å². The van der Waals surface area contributed by atoms with Crippen molar-refractivity contribution < 1.29 is 18.3 Å². The van der Waals surface area contributed by atoms with E-state index in [0.717, 1.165) is 25.0 Å². The van der Waals surface area contributed by atoms with Gasteiger partial charge in [0.2, 0.25) is 0 Å². The van der Waals surface area contributed by atoms with Crippen LogP contribution in [-0.2, 0) is 4.74 Å². The summed E-state index contributed by atoms with van der Waals surface area (Å²) in [6.07, 6.45) is 1.78. The average molecular weight is 327 g/mol. The molecule has 0 radical (unpaired) electrons. The van der Waals surface area contributed by atoms with E-state index in [1.54, 1.807) is 19.0 Å². The average Bonchev–Trinajstić information content (AvgIpc) is 2.46. The Balaban J connectivity index is 2.05. The molecule has 0 bridgehead atoms. The zero-order chi connectivity index (χ0) is 17.0. The molecule has 5 nitrogen and oxygen atoms in total. The summed E-state index contributed by atoms with van der Waals surface area (Å²) < 4.78 is 33.4. The summed E-state index contributed by atoms with van der Waals surface area (Å²) >= 11 is 0. The van der Waals surface area contributed by atoms with Gasteiger partial charge in [0, 0.05) is 39.5 Å². The molecule has 1 saturated heterocycles. The lowest BCUT2D eigenvalue weighted by molar-refractivity contribution is 0.0181.